The van der Waals surface area contributed by atoms with Gasteiger partial charge in [-0.25, -0.2) is 8.78 Å². The fourth-order valence-corrected chi connectivity index (χ4v) is 3.09. The van der Waals surface area contributed by atoms with Gasteiger partial charge in [0.05, 0.1) is 13.2 Å². The number of anilines is 1. The summed E-state index contributed by atoms with van der Waals surface area (Å²) in [7, 11) is 0. The van der Waals surface area contributed by atoms with Gasteiger partial charge in [-0.05, 0) is 49.2 Å². The lowest BCUT2D eigenvalue weighted by molar-refractivity contribution is -0.123. The Morgan fingerprint density at radius 1 is 0.935 bits per heavy atom. The van der Waals surface area contributed by atoms with Crippen LogP contribution in [-0.2, 0) is 22.7 Å². The SMILES string of the molecule is CC(=O)c1ccc(CN(C(=O)COCc2ccccc2)c2ccc(F)c(C)c2)c(F)c1. The van der Waals surface area contributed by atoms with Gasteiger partial charge in [-0.2, -0.15) is 0 Å². The smallest absolute Gasteiger partial charge is 0.253 e. The summed E-state index contributed by atoms with van der Waals surface area (Å²) in [4.78, 5) is 25.8. The molecule has 31 heavy (non-hydrogen) atoms. The Kier molecular flexibility index (Phi) is 7.26. The Morgan fingerprint density at radius 2 is 1.68 bits per heavy atom. The highest BCUT2D eigenvalue weighted by molar-refractivity contribution is 5.95. The van der Waals surface area contributed by atoms with Gasteiger partial charge in [-0.1, -0.05) is 42.5 Å². The Balaban J connectivity index is 1.81. The first-order valence-electron chi connectivity index (χ1n) is 9.82. The fraction of sp³-hybridized carbons (Fsp3) is 0.200. The van der Waals surface area contributed by atoms with Gasteiger partial charge in [-0.3, -0.25) is 9.59 Å². The molecule has 4 nitrogen and oxygen atoms in total. The van der Waals surface area contributed by atoms with E-state index in [1.54, 1.807) is 6.92 Å². The first-order chi connectivity index (χ1) is 14.8. The minimum Gasteiger partial charge on any atom is -0.367 e. The van der Waals surface area contributed by atoms with Crippen LogP contribution in [0.15, 0.2) is 66.7 Å². The topological polar surface area (TPSA) is 46.6 Å². The number of rotatable bonds is 8. The van der Waals surface area contributed by atoms with Crippen LogP contribution in [0, 0.1) is 18.6 Å². The van der Waals surface area contributed by atoms with Crippen LogP contribution in [0.2, 0.25) is 0 Å². The summed E-state index contributed by atoms with van der Waals surface area (Å²) in [5.41, 5.74) is 2.21. The lowest BCUT2D eigenvalue weighted by atomic mass is 10.1. The first-order valence-corrected chi connectivity index (χ1v) is 9.82. The molecule has 0 aliphatic heterocycles. The number of Topliss-reactive ketones (excluding diaryl/α,β-unsaturated/α-hetero) is 1. The minimum atomic E-state index is -0.588. The van der Waals surface area contributed by atoms with Crippen molar-refractivity contribution in [1.29, 1.82) is 0 Å². The molecule has 0 radical (unpaired) electrons. The van der Waals surface area contributed by atoms with Gasteiger partial charge in [0.1, 0.15) is 18.2 Å². The number of ether oxygens (including phenoxy) is 1. The van der Waals surface area contributed by atoms with Crippen molar-refractivity contribution in [1.82, 2.24) is 0 Å². The van der Waals surface area contributed by atoms with Crippen molar-refractivity contribution < 1.29 is 23.1 Å². The monoisotopic (exact) mass is 423 g/mol. The van der Waals surface area contributed by atoms with Crippen molar-refractivity contribution in [3.05, 3.63) is 101 Å². The Hall–Kier alpha value is -3.38. The molecule has 0 bridgehead atoms. The molecular weight excluding hydrogens is 400 g/mol. The number of nitrogens with zero attached hydrogens (tertiary/aromatic N) is 1. The van der Waals surface area contributed by atoms with E-state index in [1.165, 1.54) is 42.2 Å². The van der Waals surface area contributed by atoms with Crippen LogP contribution < -0.4 is 4.90 Å². The predicted octanol–water partition coefficient (Wildman–Crippen LogP) is 5.23. The summed E-state index contributed by atoms with van der Waals surface area (Å²) in [6.07, 6.45) is 0. The third kappa shape index (κ3) is 5.83. The third-order valence-corrected chi connectivity index (χ3v) is 4.88. The molecule has 0 saturated carbocycles. The lowest BCUT2D eigenvalue weighted by Crippen LogP contribution is -2.34. The second-order valence-electron chi connectivity index (χ2n) is 7.25. The minimum absolute atomic E-state index is 0.0807. The van der Waals surface area contributed by atoms with Crippen molar-refractivity contribution in [2.75, 3.05) is 11.5 Å². The average Bonchev–Trinajstić information content (AvgIpc) is 2.75. The standard InChI is InChI=1S/C25H23F2NO3/c1-17-12-22(10-11-23(17)26)28(14-21-9-8-20(18(2)29)13-24(21)27)25(30)16-31-15-19-6-4-3-5-7-19/h3-13H,14-16H2,1-2H3. The van der Waals surface area contributed by atoms with E-state index in [4.69, 9.17) is 4.74 Å². The number of halogens is 2. The highest BCUT2D eigenvalue weighted by Crippen LogP contribution is 2.23. The van der Waals surface area contributed by atoms with Gasteiger partial charge in [0.2, 0.25) is 0 Å². The molecular formula is C25H23F2NO3. The molecule has 0 aliphatic carbocycles. The highest BCUT2D eigenvalue weighted by atomic mass is 19.1. The summed E-state index contributed by atoms with van der Waals surface area (Å²) >= 11 is 0. The maximum atomic E-state index is 14.6. The number of ketones is 1. The van der Waals surface area contributed by atoms with Gasteiger partial charge in [0, 0.05) is 16.8 Å². The van der Waals surface area contributed by atoms with Crippen molar-refractivity contribution in [2.45, 2.75) is 27.0 Å². The number of hydrogen-bond donors (Lipinski definition) is 0. The van der Waals surface area contributed by atoms with Crippen LogP contribution in [0.3, 0.4) is 0 Å². The largest absolute Gasteiger partial charge is 0.367 e. The van der Waals surface area contributed by atoms with Crippen LogP contribution >= 0.6 is 0 Å². The average molecular weight is 423 g/mol. The summed E-state index contributed by atoms with van der Waals surface area (Å²) < 4.78 is 33.9. The molecule has 3 aromatic rings. The van der Waals surface area contributed by atoms with Gasteiger partial charge in [0.15, 0.2) is 5.78 Å². The van der Waals surface area contributed by atoms with E-state index in [2.05, 4.69) is 0 Å². The molecule has 1 amide bonds. The van der Waals surface area contributed by atoms with Gasteiger partial charge >= 0.3 is 0 Å². The maximum Gasteiger partial charge on any atom is 0.253 e. The maximum absolute atomic E-state index is 14.6. The number of aryl methyl sites for hydroxylation is 1. The normalized spacial score (nSPS) is 10.7. The van der Waals surface area contributed by atoms with E-state index in [-0.39, 0.29) is 36.7 Å². The number of carbonyl (C=O) groups excluding carboxylic acids is 2. The quantitative estimate of drug-likeness (QED) is 0.467. The number of hydrogen-bond acceptors (Lipinski definition) is 3. The van der Waals surface area contributed by atoms with Crippen LogP contribution in [0.1, 0.15) is 34.0 Å². The molecule has 0 N–H and O–H groups in total. The molecule has 0 aromatic heterocycles. The third-order valence-electron chi connectivity index (χ3n) is 4.88. The second kappa shape index (κ2) is 10.1. The second-order valence-corrected chi connectivity index (χ2v) is 7.25. The van der Waals surface area contributed by atoms with Gasteiger partial charge < -0.3 is 9.64 Å². The Labute approximate surface area is 180 Å². The zero-order valence-corrected chi connectivity index (χ0v) is 17.4. The Morgan fingerprint density at radius 3 is 2.32 bits per heavy atom. The van der Waals surface area contributed by atoms with Crippen molar-refractivity contribution >= 4 is 17.4 Å². The van der Waals surface area contributed by atoms with E-state index in [1.807, 2.05) is 30.3 Å². The molecule has 3 aromatic carbocycles. The van der Waals surface area contributed by atoms with Crippen LogP contribution in [-0.4, -0.2) is 18.3 Å². The van der Waals surface area contributed by atoms with E-state index >= 15 is 0 Å². The molecule has 6 heteroatoms. The van der Waals surface area contributed by atoms with Crippen molar-refractivity contribution in [3.8, 4) is 0 Å². The summed E-state index contributed by atoms with van der Waals surface area (Å²) in [6, 6.07) is 17.8. The van der Waals surface area contributed by atoms with E-state index < -0.39 is 17.5 Å². The molecule has 0 aliphatic rings. The predicted molar refractivity (Wildman–Crippen MR) is 115 cm³/mol. The number of carbonyl (C=O) groups is 2. The fourth-order valence-electron chi connectivity index (χ4n) is 3.09. The molecule has 0 fully saturated rings. The number of benzene rings is 3. The van der Waals surface area contributed by atoms with E-state index in [9.17, 15) is 18.4 Å². The molecule has 0 atom stereocenters. The molecule has 3 rings (SSSR count). The zero-order valence-electron chi connectivity index (χ0n) is 17.4. The van der Waals surface area contributed by atoms with Crippen molar-refractivity contribution in [3.63, 3.8) is 0 Å². The molecule has 0 heterocycles. The van der Waals surface area contributed by atoms with Gasteiger partial charge in [0.25, 0.3) is 5.91 Å². The molecule has 0 saturated heterocycles. The van der Waals surface area contributed by atoms with Crippen LogP contribution in [0.5, 0.6) is 0 Å². The summed E-state index contributed by atoms with van der Waals surface area (Å²) in [6.45, 7) is 2.90. The Bertz CT molecular complexity index is 1080. The van der Waals surface area contributed by atoms with Crippen LogP contribution in [0.4, 0.5) is 14.5 Å². The molecule has 0 spiro atoms. The molecule has 160 valence electrons. The summed E-state index contributed by atoms with van der Waals surface area (Å²) in [5.74, 6) is -1.62. The van der Waals surface area contributed by atoms with Gasteiger partial charge in [-0.15, -0.1) is 0 Å². The van der Waals surface area contributed by atoms with E-state index in [0.717, 1.165) is 11.6 Å². The molecule has 0 unspecified atom stereocenters. The lowest BCUT2D eigenvalue weighted by Gasteiger charge is -2.24. The first kappa shape index (κ1) is 22.3. The number of amides is 1. The highest BCUT2D eigenvalue weighted by Gasteiger charge is 2.20. The van der Waals surface area contributed by atoms with Crippen LogP contribution in [0.25, 0.3) is 0 Å². The van der Waals surface area contributed by atoms with Crippen molar-refractivity contribution in [2.24, 2.45) is 0 Å². The summed E-state index contributed by atoms with van der Waals surface area (Å²) in [5, 5.41) is 0. The zero-order chi connectivity index (χ0) is 22.4. The van der Waals surface area contributed by atoms with E-state index in [0.29, 0.717) is 11.3 Å².